The molecule has 1 N–H and O–H groups in total. The molecule has 0 heterocycles. The van der Waals surface area contributed by atoms with E-state index in [1.54, 1.807) is 12.1 Å². The van der Waals surface area contributed by atoms with Crippen LogP contribution in [-0.4, -0.2) is 26.8 Å². The topological polar surface area (TPSA) is 49.4 Å². The van der Waals surface area contributed by atoms with Crippen molar-refractivity contribution in [1.82, 2.24) is 9.03 Å². The molecule has 0 aliphatic heterocycles. The minimum Gasteiger partial charge on any atom is -0.207 e. The maximum Gasteiger partial charge on any atom is 0.279 e. The number of nitrogens with zero attached hydrogens (tertiary/aromatic N) is 1. The van der Waals surface area contributed by atoms with E-state index in [0.29, 0.717) is 5.56 Å². The van der Waals surface area contributed by atoms with Crippen molar-refractivity contribution in [2.24, 2.45) is 0 Å². The Labute approximate surface area is 124 Å². The SMILES string of the molecule is CN(C)S(=O)(=O)NC(c1ccccc1)c1ccc(F)cc1. The predicted octanol–water partition coefficient (Wildman–Crippen LogP) is 2.31. The van der Waals surface area contributed by atoms with Gasteiger partial charge in [0.25, 0.3) is 10.2 Å². The predicted molar refractivity (Wildman–Crippen MR) is 80.4 cm³/mol. The van der Waals surface area contributed by atoms with E-state index in [1.807, 2.05) is 30.3 Å². The Morgan fingerprint density at radius 2 is 1.48 bits per heavy atom. The van der Waals surface area contributed by atoms with Crippen LogP contribution in [0.3, 0.4) is 0 Å². The molecule has 0 aromatic heterocycles. The molecule has 1 atom stereocenters. The second-order valence-electron chi connectivity index (χ2n) is 4.80. The van der Waals surface area contributed by atoms with E-state index in [9.17, 15) is 12.8 Å². The van der Waals surface area contributed by atoms with Gasteiger partial charge in [-0.05, 0) is 23.3 Å². The highest BCUT2D eigenvalue weighted by Crippen LogP contribution is 2.23. The van der Waals surface area contributed by atoms with Gasteiger partial charge in [0.15, 0.2) is 0 Å². The lowest BCUT2D eigenvalue weighted by atomic mass is 10.00. The van der Waals surface area contributed by atoms with Crippen molar-refractivity contribution in [1.29, 1.82) is 0 Å². The van der Waals surface area contributed by atoms with E-state index in [2.05, 4.69) is 4.72 Å². The smallest absolute Gasteiger partial charge is 0.207 e. The van der Waals surface area contributed by atoms with Crippen LogP contribution in [0.1, 0.15) is 17.2 Å². The summed E-state index contributed by atoms with van der Waals surface area (Å²) in [5, 5.41) is 0. The largest absolute Gasteiger partial charge is 0.279 e. The molecular weight excluding hydrogens is 291 g/mol. The maximum atomic E-state index is 13.1. The molecule has 21 heavy (non-hydrogen) atoms. The fourth-order valence-electron chi connectivity index (χ4n) is 1.88. The van der Waals surface area contributed by atoms with Gasteiger partial charge in [0.2, 0.25) is 0 Å². The van der Waals surface area contributed by atoms with Gasteiger partial charge >= 0.3 is 0 Å². The summed E-state index contributed by atoms with van der Waals surface area (Å²) in [6.07, 6.45) is 0. The number of hydrogen-bond donors (Lipinski definition) is 1. The molecule has 0 bridgehead atoms. The van der Waals surface area contributed by atoms with Crippen LogP contribution >= 0.6 is 0 Å². The van der Waals surface area contributed by atoms with Crippen molar-refractivity contribution < 1.29 is 12.8 Å². The van der Waals surface area contributed by atoms with E-state index >= 15 is 0 Å². The van der Waals surface area contributed by atoms with Crippen LogP contribution in [0.2, 0.25) is 0 Å². The first-order valence-electron chi connectivity index (χ1n) is 6.40. The first kappa shape index (κ1) is 15.6. The zero-order chi connectivity index (χ0) is 15.5. The van der Waals surface area contributed by atoms with Gasteiger partial charge in [-0.3, -0.25) is 0 Å². The molecule has 112 valence electrons. The highest BCUT2D eigenvalue weighted by atomic mass is 32.2. The van der Waals surface area contributed by atoms with Crippen molar-refractivity contribution in [3.8, 4) is 0 Å². The average Bonchev–Trinajstić information content (AvgIpc) is 2.47. The summed E-state index contributed by atoms with van der Waals surface area (Å²) < 4.78 is 41.0. The van der Waals surface area contributed by atoms with Crippen molar-refractivity contribution in [2.75, 3.05) is 14.1 Å². The van der Waals surface area contributed by atoms with Crippen LogP contribution in [0, 0.1) is 5.82 Å². The Kier molecular flexibility index (Phi) is 4.72. The molecule has 2 aromatic carbocycles. The Bertz CT molecular complexity index is 685. The molecule has 2 aromatic rings. The Hall–Kier alpha value is -1.76. The molecule has 0 fully saturated rings. The zero-order valence-electron chi connectivity index (χ0n) is 11.8. The van der Waals surface area contributed by atoms with Gasteiger partial charge in [-0.15, -0.1) is 0 Å². The molecule has 0 spiro atoms. The minimum absolute atomic E-state index is 0.360. The molecule has 0 aliphatic carbocycles. The molecule has 0 aliphatic rings. The van der Waals surface area contributed by atoms with Crippen LogP contribution in [-0.2, 0) is 10.2 Å². The first-order valence-corrected chi connectivity index (χ1v) is 7.84. The summed E-state index contributed by atoms with van der Waals surface area (Å²) >= 11 is 0. The van der Waals surface area contributed by atoms with Crippen LogP contribution in [0.5, 0.6) is 0 Å². The van der Waals surface area contributed by atoms with Gasteiger partial charge in [0.1, 0.15) is 5.82 Å². The lowest BCUT2D eigenvalue weighted by Crippen LogP contribution is -2.38. The molecule has 4 nitrogen and oxygen atoms in total. The number of benzene rings is 2. The number of hydrogen-bond acceptors (Lipinski definition) is 2. The van der Waals surface area contributed by atoms with Gasteiger partial charge in [-0.2, -0.15) is 17.4 Å². The Balaban J connectivity index is 2.43. The highest BCUT2D eigenvalue weighted by molar-refractivity contribution is 7.87. The molecular formula is C15H17FN2O2S. The fraction of sp³-hybridized carbons (Fsp3) is 0.200. The average molecular weight is 308 g/mol. The van der Waals surface area contributed by atoms with Crippen LogP contribution in [0.4, 0.5) is 4.39 Å². The number of halogens is 1. The van der Waals surface area contributed by atoms with Crippen LogP contribution in [0.25, 0.3) is 0 Å². The van der Waals surface area contributed by atoms with Gasteiger partial charge in [0, 0.05) is 14.1 Å². The van der Waals surface area contributed by atoms with E-state index in [1.165, 1.54) is 26.2 Å². The van der Waals surface area contributed by atoms with Crippen molar-refractivity contribution in [3.05, 3.63) is 71.5 Å². The summed E-state index contributed by atoms with van der Waals surface area (Å²) in [4.78, 5) is 0. The maximum absolute atomic E-state index is 13.1. The molecule has 1 unspecified atom stereocenters. The van der Waals surface area contributed by atoms with Gasteiger partial charge < -0.3 is 0 Å². The van der Waals surface area contributed by atoms with Crippen LogP contribution in [0.15, 0.2) is 54.6 Å². The number of nitrogens with one attached hydrogen (secondary N) is 1. The van der Waals surface area contributed by atoms with Crippen LogP contribution < -0.4 is 4.72 Å². The molecule has 6 heteroatoms. The summed E-state index contributed by atoms with van der Waals surface area (Å²) in [7, 11) is -0.707. The summed E-state index contributed by atoms with van der Waals surface area (Å²) in [6.45, 7) is 0. The monoisotopic (exact) mass is 308 g/mol. The van der Waals surface area contributed by atoms with Gasteiger partial charge in [-0.1, -0.05) is 42.5 Å². The zero-order valence-corrected chi connectivity index (χ0v) is 12.6. The quantitative estimate of drug-likeness (QED) is 0.921. The second-order valence-corrected chi connectivity index (χ2v) is 6.72. The normalized spacial score (nSPS) is 13.3. The fourth-order valence-corrected chi connectivity index (χ4v) is 2.66. The molecule has 0 saturated heterocycles. The van der Waals surface area contributed by atoms with Gasteiger partial charge in [0.05, 0.1) is 6.04 Å². The van der Waals surface area contributed by atoms with Gasteiger partial charge in [-0.25, -0.2) is 4.39 Å². The second kappa shape index (κ2) is 6.34. The third-order valence-electron chi connectivity index (χ3n) is 3.08. The standard InChI is InChI=1S/C15H17FN2O2S/c1-18(2)21(19,20)17-15(12-6-4-3-5-7-12)13-8-10-14(16)11-9-13/h3-11,15,17H,1-2H3. The molecule has 2 rings (SSSR count). The van der Waals surface area contributed by atoms with E-state index in [0.717, 1.165) is 9.87 Å². The van der Waals surface area contributed by atoms with E-state index in [-0.39, 0.29) is 5.82 Å². The number of rotatable bonds is 5. The molecule has 0 saturated carbocycles. The minimum atomic E-state index is -3.61. The molecule has 0 radical (unpaired) electrons. The van der Waals surface area contributed by atoms with Crippen molar-refractivity contribution in [2.45, 2.75) is 6.04 Å². The third-order valence-corrected chi connectivity index (χ3v) is 4.58. The molecule has 0 amide bonds. The summed E-state index contributed by atoms with van der Waals surface area (Å²) in [5.74, 6) is -0.360. The summed E-state index contributed by atoms with van der Waals surface area (Å²) in [6, 6.07) is 14.4. The lowest BCUT2D eigenvalue weighted by molar-refractivity contribution is 0.498. The van der Waals surface area contributed by atoms with Crippen molar-refractivity contribution >= 4 is 10.2 Å². The third kappa shape index (κ3) is 3.87. The van der Waals surface area contributed by atoms with E-state index in [4.69, 9.17) is 0 Å². The first-order chi connectivity index (χ1) is 9.90. The highest BCUT2D eigenvalue weighted by Gasteiger charge is 2.22. The lowest BCUT2D eigenvalue weighted by Gasteiger charge is -2.22. The van der Waals surface area contributed by atoms with E-state index < -0.39 is 16.3 Å². The Morgan fingerprint density at radius 3 is 2.00 bits per heavy atom. The Morgan fingerprint density at radius 1 is 0.952 bits per heavy atom. The van der Waals surface area contributed by atoms with Crippen molar-refractivity contribution in [3.63, 3.8) is 0 Å². The summed E-state index contributed by atoms with van der Waals surface area (Å²) in [5.41, 5.74) is 1.46.